The summed E-state index contributed by atoms with van der Waals surface area (Å²) in [6.45, 7) is 8.44. The molecular formula is C18H28N3O2+. The van der Waals surface area contributed by atoms with Gasteiger partial charge in [-0.2, -0.15) is 0 Å². The Morgan fingerprint density at radius 3 is 2.48 bits per heavy atom. The molecule has 1 unspecified atom stereocenters. The molecule has 0 saturated carbocycles. The average molecular weight is 318 g/mol. The second-order valence-electron chi connectivity index (χ2n) is 7.50. The van der Waals surface area contributed by atoms with Crippen LogP contribution in [0.2, 0.25) is 0 Å². The molecule has 2 rings (SSSR count). The number of quaternary nitrogens is 1. The zero-order valence-electron chi connectivity index (χ0n) is 14.3. The van der Waals surface area contributed by atoms with Crippen LogP contribution in [0.5, 0.6) is 0 Å². The van der Waals surface area contributed by atoms with E-state index in [2.05, 4.69) is 26.1 Å². The lowest BCUT2D eigenvalue weighted by atomic mass is 9.87. The largest absolute Gasteiger partial charge is 0.369 e. The summed E-state index contributed by atoms with van der Waals surface area (Å²) in [6, 6.07) is 7.98. The molecule has 1 aliphatic heterocycles. The van der Waals surface area contributed by atoms with E-state index < -0.39 is 0 Å². The molecule has 4 N–H and O–H groups in total. The number of piperidine rings is 1. The molecule has 1 heterocycles. The van der Waals surface area contributed by atoms with Crippen LogP contribution in [0.15, 0.2) is 24.3 Å². The Bertz CT molecular complexity index is 561. The quantitative estimate of drug-likeness (QED) is 0.764. The fourth-order valence-corrected chi connectivity index (χ4v) is 3.04. The lowest BCUT2D eigenvalue weighted by molar-refractivity contribution is -0.899. The van der Waals surface area contributed by atoms with Gasteiger partial charge in [0.05, 0.1) is 19.0 Å². The monoisotopic (exact) mass is 318 g/mol. The number of nitrogens with two attached hydrogens (primary N) is 1. The predicted octanol–water partition coefficient (Wildman–Crippen LogP) is 0.703. The van der Waals surface area contributed by atoms with Crippen molar-refractivity contribution in [3.05, 3.63) is 29.8 Å². The van der Waals surface area contributed by atoms with Crippen LogP contribution in [0.25, 0.3) is 0 Å². The van der Waals surface area contributed by atoms with E-state index in [4.69, 9.17) is 5.73 Å². The van der Waals surface area contributed by atoms with Crippen LogP contribution < -0.4 is 16.0 Å². The Labute approximate surface area is 138 Å². The Balaban J connectivity index is 1.88. The van der Waals surface area contributed by atoms with E-state index in [-0.39, 0.29) is 23.1 Å². The maximum Gasteiger partial charge on any atom is 0.279 e. The SMILES string of the molecule is CC(C)(C)c1ccc(NC(=O)C[NH+]2CCC[C@H](C(N)=O)C2)cc1. The van der Waals surface area contributed by atoms with Crippen molar-refractivity contribution in [2.24, 2.45) is 11.7 Å². The van der Waals surface area contributed by atoms with E-state index in [9.17, 15) is 9.59 Å². The number of anilines is 1. The minimum absolute atomic E-state index is 0.0198. The molecule has 0 aromatic heterocycles. The molecule has 1 fully saturated rings. The van der Waals surface area contributed by atoms with Crippen LogP contribution >= 0.6 is 0 Å². The molecule has 5 heteroatoms. The Hall–Kier alpha value is -1.88. The number of nitrogens with one attached hydrogen (secondary N) is 2. The first-order valence-electron chi connectivity index (χ1n) is 8.29. The van der Waals surface area contributed by atoms with E-state index in [1.807, 2.05) is 24.3 Å². The molecular weight excluding hydrogens is 290 g/mol. The molecule has 2 amide bonds. The first-order chi connectivity index (χ1) is 10.8. The predicted molar refractivity (Wildman–Crippen MR) is 91.3 cm³/mol. The van der Waals surface area contributed by atoms with Crippen molar-refractivity contribution in [3.63, 3.8) is 0 Å². The highest BCUT2D eigenvalue weighted by Gasteiger charge is 2.28. The van der Waals surface area contributed by atoms with Gasteiger partial charge < -0.3 is 16.0 Å². The van der Waals surface area contributed by atoms with Crippen molar-refractivity contribution in [2.45, 2.75) is 39.0 Å². The zero-order chi connectivity index (χ0) is 17.0. The molecule has 1 aromatic rings. The Kier molecular flexibility index (Phi) is 5.42. The third kappa shape index (κ3) is 5.06. The number of hydrogen-bond donors (Lipinski definition) is 3. The summed E-state index contributed by atoms with van der Waals surface area (Å²) in [5, 5.41) is 2.94. The van der Waals surface area contributed by atoms with Gasteiger partial charge in [-0.1, -0.05) is 32.9 Å². The Morgan fingerprint density at radius 1 is 1.26 bits per heavy atom. The summed E-state index contributed by atoms with van der Waals surface area (Å²) < 4.78 is 0. The van der Waals surface area contributed by atoms with Crippen LogP contribution in [0.4, 0.5) is 5.69 Å². The highest BCUT2D eigenvalue weighted by atomic mass is 16.2. The maximum absolute atomic E-state index is 12.2. The van der Waals surface area contributed by atoms with Gasteiger partial charge in [-0.15, -0.1) is 0 Å². The molecule has 23 heavy (non-hydrogen) atoms. The smallest absolute Gasteiger partial charge is 0.279 e. The van der Waals surface area contributed by atoms with E-state index >= 15 is 0 Å². The average Bonchev–Trinajstić information content (AvgIpc) is 2.47. The summed E-state index contributed by atoms with van der Waals surface area (Å²) in [5.41, 5.74) is 7.53. The number of hydrogen-bond acceptors (Lipinski definition) is 2. The van der Waals surface area contributed by atoms with E-state index in [1.54, 1.807) is 0 Å². The summed E-state index contributed by atoms with van der Waals surface area (Å²) in [4.78, 5) is 24.6. The van der Waals surface area contributed by atoms with E-state index in [0.29, 0.717) is 13.1 Å². The molecule has 0 spiro atoms. The van der Waals surface area contributed by atoms with Gasteiger partial charge in [-0.3, -0.25) is 9.59 Å². The molecule has 5 nitrogen and oxygen atoms in total. The third-order valence-corrected chi connectivity index (χ3v) is 4.47. The highest BCUT2D eigenvalue weighted by molar-refractivity contribution is 5.91. The number of carbonyl (C=O) groups is 2. The van der Waals surface area contributed by atoms with Gasteiger partial charge in [-0.25, -0.2) is 0 Å². The van der Waals surface area contributed by atoms with Crippen molar-refractivity contribution in [1.82, 2.24) is 0 Å². The molecule has 0 bridgehead atoms. The minimum atomic E-state index is -0.250. The summed E-state index contributed by atoms with van der Waals surface area (Å²) in [7, 11) is 0. The number of primary amides is 1. The summed E-state index contributed by atoms with van der Waals surface area (Å²) in [6.07, 6.45) is 1.78. The lowest BCUT2D eigenvalue weighted by Gasteiger charge is -2.27. The molecule has 0 aliphatic carbocycles. The third-order valence-electron chi connectivity index (χ3n) is 4.47. The molecule has 1 aromatic carbocycles. The van der Waals surface area contributed by atoms with Gasteiger partial charge in [0.15, 0.2) is 6.54 Å². The van der Waals surface area contributed by atoms with Crippen LogP contribution in [0.1, 0.15) is 39.2 Å². The van der Waals surface area contributed by atoms with Crippen molar-refractivity contribution in [2.75, 3.05) is 25.0 Å². The molecule has 2 atom stereocenters. The van der Waals surface area contributed by atoms with Crippen LogP contribution in [-0.4, -0.2) is 31.4 Å². The van der Waals surface area contributed by atoms with Crippen LogP contribution in [0.3, 0.4) is 0 Å². The number of amides is 2. The Morgan fingerprint density at radius 2 is 1.91 bits per heavy atom. The van der Waals surface area contributed by atoms with Crippen molar-refractivity contribution >= 4 is 17.5 Å². The van der Waals surface area contributed by atoms with Crippen molar-refractivity contribution < 1.29 is 14.5 Å². The number of rotatable bonds is 4. The second kappa shape index (κ2) is 7.13. The lowest BCUT2D eigenvalue weighted by Crippen LogP contribution is -3.14. The zero-order valence-corrected chi connectivity index (χ0v) is 14.3. The van der Waals surface area contributed by atoms with E-state index in [1.165, 1.54) is 5.56 Å². The number of benzene rings is 1. The highest BCUT2D eigenvalue weighted by Crippen LogP contribution is 2.23. The number of likely N-dealkylation sites (tertiary alicyclic amines) is 1. The first kappa shape index (κ1) is 17.5. The fourth-order valence-electron chi connectivity index (χ4n) is 3.04. The maximum atomic E-state index is 12.2. The standard InChI is InChI=1S/C18H27N3O2/c1-18(2,3)14-6-8-15(9-7-14)20-16(22)12-21-10-4-5-13(11-21)17(19)23/h6-9,13H,4-5,10-12H2,1-3H3,(H2,19,23)(H,20,22)/p+1/t13-/m0/s1. The fraction of sp³-hybridized carbons (Fsp3) is 0.556. The number of carbonyl (C=O) groups excluding carboxylic acids is 2. The van der Waals surface area contributed by atoms with E-state index in [0.717, 1.165) is 30.0 Å². The first-order valence-corrected chi connectivity index (χ1v) is 8.29. The van der Waals surface area contributed by atoms with Crippen LogP contribution in [0, 0.1) is 5.92 Å². The van der Waals surface area contributed by atoms with Gasteiger partial charge in [0.1, 0.15) is 0 Å². The van der Waals surface area contributed by atoms with Crippen LogP contribution in [-0.2, 0) is 15.0 Å². The van der Waals surface area contributed by atoms with Gasteiger partial charge in [0.2, 0.25) is 5.91 Å². The van der Waals surface area contributed by atoms with Gasteiger partial charge in [0.25, 0.3) is 5.91 Å². The normalized spacial score (nSPS) is 21.7. The minimum Gasteiger partial charge on any atom is -0.369 e. The van der Waals surface area contributed by atoms with Gasteiger partial charge in [-0.05, 0) is 36.0 Å². The van der Waals surface area contributed by atoms with Crippen molar-refractivity contribution in [1.29, 1.82) is 0 Å². The topological polar surface area (TPSA) is 76.6 Å². The van der Waals surface area contributed by atoms with Gasteiger partial charge >= 0.3 is 0 Å². The summed E-state index contributed by atoms with van der Waals surface area (Å²) >= 11 is 0. The van der Waals surface area contributed by atoms with Crippen molar-refractivity contribution in [3.8, 4) is 0 Å². The molecule has 1 saturated heterocycles. The second-order valence-corrected chi connectivity index (χ2v) is 7.50. The molecule has 1 aliphatic rings. The summed E-state index contributed by atoms with van der Waals surface area (Å²) in [5.74, 6) is -0.369. The molecule has 126 valence electrons. The van der Waals surface area contributed by atoms with Gasteiger partial charge in [0, 0.05) is 5.69 Å². The molecule has 0 radical (unpaired) electrons.